The van der Waals surface area contributed by atoms with Crippen LogP contribution in [0, 0.1) is 11.3 Å². The fourth-order valence-electron chi connectivity index (χ4n) is 1.30. The second kappa shape index (κ2) is 3.64. The van der Waals surface area contributed by atoms with Gasteiger partial charge in [0.2, 0.25) is 0 Å². The molecule has 0 fully saturated rings. The van der Waals surface area contributed by atoms with Crippen molar-refractivity contribution in [2.45, 2.75) is 6.42 Å². The molecule has 2 aromatic rings. The van der Waals surface area contributed by atoms with E-state index in [1.54, 1.807) is 7.11 Å². The van der Waals surface area contributed by atoms with Gasteiger partial charge in [0, 0.05) is 5.39 Å². The third-order valence-corrected chi connectivity index (χ3v) is 2.86. The summed E-state index contributed by atoms with van der Waals surface area (Å²) >= 11 is 1.42. The zero-order valence-corrected chi connectivity index (χ0v) is 8.47. The van der Waals surface area contributed by atoms with E-state index >= 15 is 0 Å². The summed E-state index contributed by atoms with van der Waals surface area (Å²) in [6.07, 6.45) is 0.354. The van der Waals surface area contributed by atoms with Gasteiger partial charge in [-0.2, -0.15) is 9.64 Å². The molecule has 1 heterocycles. The van der Waals surface area contributed by atoms with Crippen molar-refractivity contribution in [1.29, 1.82) is 5.26 Å². The van der Waals surface area contributed by atoms with Crippen LogP contribution in [0.4, 0.5) is 0 Å². The first-order valence-electron chi connectivity index (χ1n) is 4.14. The molecule has 0 N–H and O–H groups in total. The first-order chi connectivity index (χ1) is 6.85. The Morgan fingerprint density at radius 1 is 1.57 bits per heavy atom. The van der Waals surface area contributed by atoms with Gasteiger partial charge in [-0.3, -0.25) is 0 Å². The number of ether oxygens (including phenoxy) is 1. The average molecular weight is 204 g/mol. The summed E-state index contributed by atoms with van der Waals surface area (Å²) in [6, 6.07) is 7.89. The topological polar surface area (TPSA) is 45.9 Å². The van der Waals surface area contributed by atoms with Crippen LogP contribution in [0.2, 0.25) is 0 Å². The van der Waals surface area contributed by atoms with Gasteiger partial charge in [0.1, 0.15) is 5.75 Å². The number of nitrogens with zero attached hydrogens (tertiary/aromatic N) is 2. The molecule has 70 valence electrons. The van der Waals surface area contributed by atoms with Crippen molar-refractivity contribution in [3.05, 3.63) is 23.9 Å². The van der Waals surface area contributed by atoms with Gasteiger partial charge in [-0.05, 0) is 29.7 Å². The van der Waals surface area contributed by atoms with Crippen LogP contribution in [0.25, 0.3) is 10.1 Å². The van der Waals surface area contributed by atoms with Crippen LogP contribution in [0.1, 0.15) is 5.69 Å². The van der Waals surface area contributed by atoms with Gasteiger partial charge in [-0.25, -0.2) is 0 Å². The van der Waals surface area contributed by atoms with Crippen molar-refractivity contribution in [1.82, 2.24) is 4.37 Å². The Bertz CT molecular complexity index is 498. The van der Waals surface area contributed by atoms with Gasteiger partial charge >= 0.3 is 0 Å². The molecular weight excluding hydrogens is 196 g/mol. The Labute approximate surface area is 85.7 Å². The molecule has 1 aromatic heterocycles. The number of fused-ring (bicyclic) bond motifs is 1. The van der Waals surface area contributed by atoms with Crippen molar-refractivity contribution < 1.29 is 4.74 Å². The predicted molar refractivity (Wildman–Crippen MR) is 55.5 cm³/mol. The molecule has 0 amide bonds. The molecule has 2 rings (SSSR count). The Morgan fingerprint density at radius 2 is 2.43 bits per heavy atom. The molecule has 0 bridgehead atoms. The fraction of sp³-hybridized carbons (Fsp3) is 0.200. The number of benzene rings is 1. The summed E-state index contributed by atoms with van der Waals surface area (Å²) in [5, 5.41) is 9.63. The lowest BCUT2D eigenvalue weighted by atomic mass is 10.2. The summed E-state index contributed by atoms with van der Waals surface area (Å²) in [4.78, 5) is 0. The first-order valence-corrected chi connectivity index (χ1v) is 4.91. The molecule has 0 unspecified atom stereocenters. The number of rotatable bonds is 2. The molecule has 4 heteroatoms. The van der Waals surface area contributed by atoms with Crippen LogP contribution in [-0.4, -0.2) is 11.5 Å². The third kappa shape index (κ3) is 1.42. The molecule has 0 atom stereocenters. The highest BCUT2D eigenvalue weighted by atomic mass is 32.1. The maximum atomic E-state index is 8.61. The molecule has 0 aliphatic heterocycles. The van der Waals surface area contributed by atoms with E-state index in [1.165, 1.54) is 11.5 Å². The highest BCUT2D eigenvalue weighted by Crippen LogP contribution is 2.26. The minimum atomic E-state index is 0.354. The highest BCUT2D eigenvalue weighted by Gasteiger charge is 2.06. The van der Waals surface area contributed by atoms with Crippen molar-refractivity contribution >= 4 is 21.6 Å². The van der Waals surface area contributed by atoms with E-state index in [0.29, 0.717) is 6.42 Å². The monoisotopic (exact) mass is 204 g/mol. The molecule has 3 nitrogen and oxygen atoms in total. The van der Waals surface area contributed by atoms with Gasteiger partial charge in [-0.15, -0.1) is 0 Å². The lowest BCUT2D eigenvalue weighted by molar-refractivity contribution is 0.415. The van der Waals surface area contributed by atoms with Crippen molar-refractivity contribution in [2.24, 2.45) is 0 Å². The van der Waals surface area contributed by atoms with E-state index < -0.39 is 0 Å². The molecule has 14 heavy (non-hydrogen) atoms. The van der Waals surface area contributed by atoms with Crippen LogP contribution in [0.5, 0.6) is 5.75 Å². The molecule has 0 radical (unpaired) electrons. The standard InChI is InChI=1S/C10H8N2OS/c1-13-7-2-3-10-8(6-7)9(4-5-11)12-14-10/h2-3,6H,4H2,1H3. The number of aromatic nitrogens is 1. The summed E-state index contributed by atoms with van der Waals surface area (Å²) in [6.45, 7) is 0. The van der Waals surface area contributed by atoms with Crippen molar-refractivity contribution in [3.63, 3.8) is 0 Å². The van der Waals surface area contributed by atoms with Crippen LogP contribution >= 0.6 is 11.5 Å². The van der Waals surface area contributed by atoms with Crippen molar-refractivity contribution in [2.75, 3.05) is 7.11 Å². The smallest absolute Gasteiger partial charge is 0.119 e. The van der Waals surface area contributed by atoms with Gasteiger partial charge in [-0.1, -0.05) is 0 Å². The van der Waals surface area contributed by atoms with E-state index in [1.807, 2.05) is 18.2 Å². The third-order valence-electron chi connectivity index (χ3n) is 2.00. The highest BCUT2D eigenvalue weighted by molar-refractivity contribution is 7.13. The van der Waals surface area contributed by atoms with Crippen LogP contribution in [0.3, 0.4) is 0 Å². The SMILES string of the molecule is COc1ccc2snc(CC#N)c2c1. The van der Waals surface area contributed by atoms with Gasteiger partial charge in [0.25, 0.3) is 0 Å². The number of hydrogen-bond donors (Lipinski definition) is 0. The van der Waals surface area contributed by atoms with Gasteiger partial charge in [0.15, 0.2) is 0 Å². The second-order valence-electron chi connectivity index (χ2n) is 2.83. The van der Waals surface area contributed by atoms with Crippen LogP contribution in [-0.2, 0) is 6.42 Å². The van der Waals surface area contributed by atoms with E-state index in [-0.39, 0.29) is 0 Å². The van der Waals surface area contributed by atoms with Crippen LogP contribution < -0.4 is 4.74 Å². The molecule has 0 aliphatic carbocycles. The average Bonchev–Trinajstić information content (AvgIpc) is 2.61. The molecular formula is C10H8N2OS. The number of methoxy groups -OCH3 is 1. The molecule has 0 aliphatic rings. The zero-order chi connectivity index (χ0) is 9.97. The summed E-state index contributed by atoms with van der Waals surface area (Å²) in [5.74, 6) is 0.803. The first kappa shape index (κ1) is 8.97. The summed E-state index contributed by atoms with van der Waals surface area (Å²) < 4.78 is 10.4. The number of hydrogen-bond acceptors (Lipinski definition) is 4. The van der Waals surface area contributed by atoms with E-state index in [4.69, 9.17) is 10.00 Å². The quantitative estimate of drug-likeness (QED) is 0.754. The minimum absolute atomic E-state index is 0.354. The zero-order valence-electron chi connectivity index (χ0n) is 7.65. The van der Waals surface area contributed by atoms with Crippen LogP contribution in [0.15, 0.2) is 18.2 Å². The Hall–Kier alpha value is -1.60. The molecule has 1 aromatic carbocycles. The van der Waals surface area contributed by atoms with E-state index in [0.717, 1.165) is 21.5 Å². The van der Waals surface area contributed by atoms with Crippen molar-refractivity contribution in [3.8, 4) is 11.8 Å². The van der Waals surface area contributed by atoms with Gasteiger partial charge < -0.3 is 4.74 Å². The molecule has 0 spiro atoms. The normalized spacial score (nSPS) is 10.0. The second-order valence-corrected chi connectivity index (χ2v) is 3.63. The molecule has 0 saturated carbocycles. The summed E-state index contributed by atoms with van der Waals surface area (Å²) in [7, 11) is 1.63. The maximum absolute atomic E-state index is 8.61. The summed E-state index contributed by atoms with van der Waals surface area (Å²) in [5.41, 5.74) is 0.839. The van der Waals surface area contributed by atoms with E-state index in [9.17, 15) is 0 Å². The Balaban J connectivity index is 2.59. The lowest BCUT2D eigenvalue weighted by Crippen LogP contribution is -1.84. The number of nitriles is 1. The fourth-order valence-corrected chi connectivity index (χ4v) is 2.07. The Morgan fingerprint density at radius 3 is 3.14 bits per heavy atom. The predicted octanol–water partition coefficient (Wildman–Crippen LogP) is 2.37. The maximum Gasteiger partial charge on any atom is 0.119 e. The largest absolute Gasteiger partial charge is 0.497 e. The minimum Gasteiger partial charge on any atom is -0.497 e. The van der Waals surface area contributed by atoms with E-state index in [2.05, 4.69) is 10.4 Å². The van der Waals surface area contributed by atoms with Gasteiger partial charge in [0.05, 0.1) is 30.0 Å². The lowest BCUT2D eigenvalue weighted by Gasteiger charge is -1.98. The Kier molecular flexibility index (Phi) is 2.33. The molecule has 0 saturated heterocycles.